The second kappa shape index (κ2) is 9.17. The number of ether oxygens (including phenoxy) is 2. The van der Waals surface area contributed by atoms with Crippen molar-refractivity contribution in [2.45, 2.75) is 6.92 Å². The average Bonchev–Trinajstić information content (AvgIpc) is 3.27. The third-order valence-electron chi connectivity index (χ3n) is 4.78. The minimum Gasteiger partial charge on any atom is -0.497 e. The summed E-state index contributed by atoms with van der Waals surface area (Å²) in [4.78, 5) is 13.3. The van der Waals surface area contributed by atoms with Crippen molar-refractivity contribution in [2.75, 3.05) is 19.0 Å². The van der Waals surface area contributed by atoms with Crippen LogP contribution in [0.5, 0.6) is 11.5 Å². The Morgan fingerprint density at radius 2 is 1.68 bits per heavy atom. The molecule has 156 valence electrons. The van der Waals surface area contributed by atoms with Crippen molar-refractivity contribution in [3.05, 3.63) is 90.6 Å². The van der Waals surface area contributed by atoms with Crippen LogP contribution in [0.2, 0.25) is 0 Å². The number of para-hydroxylation sites is 3. The largest absolute Gasteiger partial charge is 0.497 e. The molecule has 0 fully saturated rings. The minimum absolute atomic E-state index is 0.264. The van der Waals surface area contributed by atoms with Crippen LogP contribution in [-0.4, -0.2) is 29.4 Å². The van der Waals surface area contributed by atoms with Gasteiger partial charge in [-0.1, -0.05) is 30.3 Å². The van der Waals surface area contributed by atoms with Crippen molar-refractivity contribution in [1.82, 2.24) is 9.78 Å². The second-order valence-electron chi connectivity index (χ2n) is 6.78. The first-order valence-corrected chi connectivity index (χ1v) is 10.0. The SMILES string of the molecule is CCOc1ccccc1NC(=O)c1cn(-c2ccccc2)nc1-c1ccc(OC)cc1. The number of methoxy groups -OCH3 is 1. The fourth-order valence-corrected chi connectivity index (χ4v) is 3.26. The zero-order valence-corrected chi connectivity index (χ0v) is 17.4. The van der Waals surface area contributed by atoms with Crippen LogP contribution in [-0.2, 0) is 0 Å². The van der Waals surface area contributed by atoms with E-state index in [2.05, 4.69) is 5.32 Å². The summed E-state index contributed by atoms with van der Waals surface area (Å²) in [5.74, 6) is 1.10. The number of nitrogens with zero attached hydrogens (tertiary/aromatic N) is 2. The van der Waals surface area contributed by atoms with Gasteiger partial charge in [-0.15, -0.1) is 0 Å². The molecule has 0 saturated carbocycles. The highest BCUT2D eigenvalue weighted by atomic mass is 16.5. The molecule has 0 aliphatic rings. The first-order chi connectivity index (χ1) is 15.2. The van der Waals surface area contributed by atoms with Gasteiger partial charge in [-0.05, 0) is 55.5 Å². The molecule has 0 aliphatic heterocycles. The van der Waals surface area contributed by atoms with Gasteiger partial charge in [0.2, 0.25) is 0 Å². The zero-order valence-electron chi connectivity index (χ0n) is 17.4. The van der Waals surface area contributed by atoms with Gasteiger partial charge in [0.15, 0.2) is 0 Å². The Hall–Kier alpha value is -4.06. The molecule has 1 N–H and O–H groups in total. The molecule has 1 aromatic heterocycles. The zero-order chi connectivity index (χ0) is 21.6. The van der Waals surface area contributed by atoms with Crippen LogP contribution in [0, 0.1) is 0 Å². The summed E-state index contributed by atoms with van der Waals surface area (Å²) in [5.41, 5.74) is 3.34. The van der Waals surface area contributed by atoms with Gasteiger partial charge in [-0.25, -0.2) is 4.68 Å². The summed E-state index contributed by atoms with van der Waals surface area (Å²) >= 11 is 0. The first-order valence-electron chi connectivity index (χ1n) is 10.0. The number of anilines is 1. The fourth-order valence-electron chi connectivity index (χ4n) is 3.26. The van der Waals surface area contributed by atoms with Gasteiger partial charge in [-0.2, -0.15) is 5.10 Å². The molecular formula is C25H23N3O3. The van der Waals surface area contributed by atoms with E-state index >= 15 is 0 Å². The summed E-state index contributed by atoms with van der Waals surface area (Å²) in [6.07, 6.45) is 1.74. The lowest BCUT2D eigenvalue weighted by molar-refractivity contribution is 0.102. The Balaban J connectivity index is 1.74. The average molecular weight is 413 g/mol. The van der Waals surface area contributed by atoms with Crippen molar-refractivity contribution in [2.24, 2.45) is 0 Å². The Morgan fingerprint density at radius 1 is 0.968 bits per heavy atom. The molecule has 4 rings (SSSR count). The van der Waals surface area contributed by atoms with Gasteiger partial charge in [0.1, 0.15) is 17.2 Å². The number of hydrogen-bond acceptors (Lipinski definition) is 4. The van der Waals surface area contributed by atoms with Gasteiger partial charge in [0.25, 0.3) is 5.91 Å². The Labute approximate surface area is 181 Å². The van der Waals surface area contributed by atoms with E-state index in [0.29, 0.717) is 29.3 Å². The van der Waals surface area contributed by atoms with Crippen LogP contribution in [0.25, 0.3) is 16.9 Å². The smallest absolute Gasteiger partial charge is 0.259 e. The van der Waals surface area contributed by atoms with E-state index in [1.165, 1.54) is 0 Å². The predicted octanol–water partition coefficient (Wildman–Crippen LogP) is 5.20. The van der Waals surface area contributed by atoms with Crippen LogP contribution >= 0.6 is 0 Å². The number of hydrogen-bond donors (Lipinski definition) is 1. The molecule has 0 bridgehead atoms. The quantitative estimate of drug-likeness (QED) is 0.452. The van der Waals surface area contributed by atoms with Crippen molar-refractivity contribution in [1.29, 1.82) is 0 Å². The van der Waals surface area contributed by atoms with E-state index in [4.69, 9.17) is 14.6 Å². The van der Waals surface area contributed by atoms with Gasteiger partial charge in [-0.3, -0.25) is 4.79 Å². The second-order valence-corrected chi connectivity index (χ2v) is 6.78. The number of nitrogens with one attached hydrogen (secondary N) is 1. The lowest BCUT2D eigenvalue weighted by Crippen LogP contribution is -2.13. The molecule has 6 nitrogen and oxygen atoms in total. The highest BCUT2D eigenvalue weighted by molar-refractivity contribution is 6.08. The van der Waals surface area contributed by atoms with Crippen LogP contribution in [0.1, 0.15) is 17.3 Å². The minimum atomic E-state index is -0.264. The topological polar surface area (TPSA) is 65.4 Å². The lowest BCUT2D eigenvalue weighted by Gasteiger charge is -2.11. The van der Waals surface area contributed by atoms with Gasteiger partial charge in [0, 0.05) is 11.8 Å². The first kappa shape index (κ1) is 20.2. The summed E-state index contributed by atoms with van der Waals surface area (Å²) < 4.78 is 12.6. The van der Waals surface area contributed by atoms with Crippen LogP contribution in [0.15, 0.2) is 85.1 Å². The standard InChI is InChI=1S/C25H23N3O3/c1-3-31-23-12-8-7-11-22(23)26-25(29)21-17-28(19-9-5-4-6-10-19)27-24(21)18-13-15-20(30-2)16-14-18/h4-17H,3H2,1-2H3,(H,26,29). The monoisotopic (exact) mass is 413 g/mol. The normalized spacial score (nSPS) is 10.5. The molecule has 0 unspecified atom stereocenters. The van der Waals surface area contributed by atoms with E-state index in [1.807, 2.05) is 85.8 Å². The van der Waals surface area contributed by atoms with E-state index in [0.717, 1.165) is 17.0 Å². The Kier molecular flexibility index (Phi) is 5.98. The number of rotatable bonds is 7. The van der Waals surface area contributed by atoms with E-state index in [-0.39, 0.29) is 5.91 Å². The number of carbonyl (C=O) groups is 1. The van der Waals surface area contributed by atoms with E-state index in [9.17, 15) is 4.79 Å². The number of benzene rings is 3. The van der Waals surface area contributed by atoms with Crippen molar-refractivity contribution < 1.29 is 14.3 Å². The third kappa shape index (κ3) is 4.43. The summed E-state index contributed by atoms with van der Waals surface area (Å²) in [6, 6.07) is 24.5. The van der Waals surface area contributed by atoms with Gasteiger partial charge >= 0.3 is 0 Å². The maximum atomic E-state index is 13.3. The number of amides is 1. The van der Waals surface area contributed by atoms with E-state index < -0.39 is 0 Å². The van der Waals surface area contributed by atoms with Crippen molar-refractivity contribution in [3.63, 3.8) is 0 Å². The maximum absolute atomic E-state index is 13.3. The molecule has 0 radical (unpaired) electrons. The Bertz CT molecular complexity index is 1170. The molecule has 1 heterocycles. The van der Waals surface area contributed by atoms with Crippen molar-refractivity contribution >= 4 is 11.6 Å². The molecular weight excluding hydrogens is 390 g/mol. The number of carbonyl (C=O) groups excluding carboxylic acids is 1. The highest BCUT2D eigenvalue weighted by Gasteiger charge is 2.20. The van der Waals surface area contributed by atoms with Gasteiger partial charge < -0.3 is 14.8 Å². The molecule has 0 spiro atoms. The fraction of sp³-hybridized carbons (Fsp3) is 0.120. The van der Waals surface area contributed by atoms with Crippen LogP contribution in [0.3, 0.4) is 0 Å². The summed E-state index contributed by atoms with van der Waals surface area (Å²) in [6.45, 7) is 2.42. The Morgan fingerprint density at radius 3 is 2.39 bits per heavy atom. The van der Waals surface area contributed by atoms with E-state index in [1.54, 1.807) is 18.0 Å². The summed E-state index contributed by atoms with van der Waals surface area (Å²) in [7, 11) is 1.62. The summed E-state index contributed by atoms with van der Waals surface area (Å²) in [5, 5.41) is 7.68. The molecule has 31 heavy (non-hydrogen) atoms. The molecule has 4 aromatic rings. The molecule has 0 saturated heterocycles. The number of aromatic nitrogens is 2. The predicted molar refractivity (Wildman–Crippen MR) is 121 cm³/mol. The van der Waals surface area contributed by atoms with Crippen molar-refractivity contribution in [3.8, 4) is 28.4 Å². The van der Waals surface area contributed by atoms with Gasteiger partial charge in [0.05, 0.1) is 30.7 Å². The van der Waals surface area contributed by atoms with Crippen LogP contribution in [0.4, 0.5) is 5.69 Å². The highest BCUT2D eigenvalue weighted by Crippen LogP contribution is 2.29. The lowest BCUT2D eigenvalue weighted by atomic mass is 10.1. The molecule has 0 atom stereocenters. The third-order valence-corrected chi connectivity index (χ3v) is 4.78. The maximum Gasteiger partial charge on any atom is 0.259 e. The van der Waals surface area contributed by atoms with Crippen LogP contribution < -0.4 is 14.8 Å². The molecule has 6 heteroatoms. The molecule has 0 aliphatic carbocycles. The molecule has 3 aromatic carbocycles. The molecule has 1 amide bonds.